The van der Waals surface area contributed by atoms with Gasteiger partial charge in [0.2, 0.25) is 5.91 Å². The van der Waals surface area contributed by atoms with Gasteiger partial charge in [0, 0.05) is 23.4 Å². The predicted octanol–water partition coefficient (Wildman–Crippen LogP) is 4.71. The van der Waals surface area contributed by atoms with E-state index in [2.05, 4.69) is 10.6 Å². The number of methoxy groups -OCH3 is 1. The summed E-state index contributed by atoms with van der Waals surface area (Å²) < 4.78 is 5.11. The Labute approximate surface area is 165 Å². The van der Waals surface area contributed by atoms with Gasteiger partial charge in [-0.3, -0.25) is 9.59 Å². The molecule has 2 aromatic rings. The SMILES string of the molecule is COc1ccc(NC(=O)c2ccc(NC(=O)C[C@H]3C[C@H]4CC[C@H]3C4)cc2)cc1. The van der Waals surface area contributed by atoms with Crippen molar-refractivity contribution >= 4 is 23.2 Å². The van der Waals surface area contributed by atoms with Crippen LogP contribution in [0.1, 0.15) is 42.5 Å². The van der Waals surface area contributed by atoms with Crippen LogP contribution in [-0.4, -0.2) is 18.9 Å². The molecule has 0 unspecified atom stereocenters. The van der Waals surface area contributed by atoms with Crippen molar-refractivity contribution in [2.45, 2.75) is 32.1 Å². The minimum Gasteiger partial charge on any atom is -0.497 e. The van der Waals surface area contributed by atoms with Gasteiger partial charge in [-0.25, -0.2) is 0 Å². The lowest BCUT2D eigenvalue weighted by atomic mass is 9.86. The smallest absolute Gasteiger partial charge is 0.255 e. The molecule has 2 aromatic carbocycles. The van der Waals surface area contributed by atoms with E-state index in [9.17, 15) is 9.59 Å². The number of carbonyl (C=O) groups is 2. The van der Waals surface area contributed by atoms with Gasteiger partial charge in [0.15, 0.2) is 0 Å². The first-order valence-corrected chi connectivity index (χ1v) is 9.96. The van der Waals surface area contributed by atoms with Gasteiger partial charge in [-0.15, -0.1) is 0 Å². The number of carbonyl (C=O) groups excluding carboxylic acids is 2. The van der Waals surface area contributed by atoms with Crippen molar-refractivity contribution in [3.05, 3.63) is 54.1 Å². The molecule has 3 atom stereocenters. The van der Waals surface area contributed by atoms with Crippen LogP contribution in [0.15, 0.2) is 48.5 Å². The summed E-state index contributed by atoms with van der Waals surface area (Å²) in [5.74, 6) is 2.78. The van der Waals surface area contributed by atoms with E-state index in [0.29, 0.717) is 23.6 Å². The number of benzene rings is 2. The Morgan fingerprint density at radius 3 is 2.21 bits per heavy atom. The second-order valence-corrected chi connectivity index (χ2v) is 7.95. The van der Waals surface area contributed by atoms with Crippen molar-refractivity contribution in [1.82, 2.24) is 0 Å². The minimum atomic E-state index is -0.190. The monoisotopic (exact) mass is 378 g/mol. The van der Waals surface area contributed by atoms with Gasteiger partial charge in [-0.1, -0.05) is 6.42 Å². The Morgan fingerprint density at radius 1 is 0.929 bits per heavy atom. The van der Waals surface area contributed by atoms with Crippen LogP contribution in [0.4, 0.5) is 11.4 Å². The van der Waals surface area contributed by atoms with Crippen molar-refractivity contribution in [2.75, 3.05) is 17.7 Å². The molecule has 2 bridgehead atoms. The highest BCUT2D eigenvalue weighted by Gasteiger charge is 2.40. The maximum absolute atomic E-state index is 12.4. The summed E-state index contributed by atoms with van der Waals surface area (Å²) in [5, 5.41) is 5.82. The summed E-state index contributed by atoms with van der Waals surface area (Å²) in [6.45, 7) is 0. The number of hydrogen-bond donors (Lipinski definition) is 2. The average molecular weight is 378 g/mol. The van der Waals surface area contributed by atoms with Crippen LogP contribution in [0.3, 0.4) is 0 Å². The predicted molar refractivity (Wildman–Crippen MR) is 110 cm³/mol. The molecule has 28 heavy (non-hydrogen) atoms. The summed E-state index contributed by atoms with van der Waals surface area (Å²) in [7, 11) is 1.60. The molecule has 0 heterocycles. The van der Waals surface area contributed by atoms with Crippen LogP contribution in [0.2, 0.25) is 0 Å². The molecule has 146 valence electrons. The van der Waals surface area contributed by atoms with Crippen LogP contribution < -0.4 is 15.4 Å². The summed E-state index contributed by atoms with van der Waals surface area (Å²) in [4.78, 5) is 24.7. The fourth-order valence-corrected chi connectivity index (χ4v) is 4.66. The van der Waals surface area contributed by atoms with Crippen LogP contribution in [0.5, 0.6) is 5.75 Å². The second-order valence-electron chi connectivity index (χ2n) is 7.95. The molecule has 5 nitrogen and oxygen atoms in total. The number of rotatable bonds is 6. The molecular formula is C23H26N2O3. The Bertz CT molecular complexity index is 845. The van der Waals surface area contributed by atoms with E-state index < -0.39 is 0 Å². The molecule has 5 heteroatoms. The largest absolute Gasteiger partial charge is 0.497 e. The Kier molecular flexibility index (Phi) is 5.33. The number of anilines is 2. The molecule has 0 radical (unpaired) electrons. The van der Waals surface area contributed by atoms with Gasteiger partial charge in [-0.2, -0.15) is 0 Å². The fraction of sp³-hybridized carbons (Fsp3) is 0.391. The van der Waals surface area contributed by atoms with Gasteiger partial charge in [-0.05, 0) is 85.5 Å². The molecule has 2 aliphatic rings. The van der Waals surface area contributed by atoms with Crippen molar-refractivity contribution in [2.24, 2.45) is 17.8 Å². The van der Waals surface area contributed by atoms with E-state index in [4.69, 9.17) is 4.74 Å². The van der Waals surface area contributed by atoms with Crippen LogP contribution in [0, 0.1) is 17.8 Å². The molecule has 0 spiro atoms. The van der Waals surface area contributed by atoms with Crippen molar-refractivity contribution < 1.29 is 14.3 Å². The van der Waals surface area contributed by atoms with Gasteiger partial charge in [0.1, 0.15) is 5.75 Å². The molecule has 4 rings (SSSR count). The zero-order valence-corrected chi connectivity index (χ0v) is 16.1. The molecule has 0 aromatic heterocycles. The van der Waals surface area contributed by atoms with E-state index in [-0.39, 0.29) is 11.8 Å². The summed E-state index contributed by atoms with van der Waals surface area (Å²) >= 11 is 0. The molecule has 2 saturated carbocycles. The van der Waals surface area contributed by atoms with E-state index in [1.807, 2.05) is 0 Å². The molecular weight excluding hydrogens is 352 g/mol. The Hall–Kier alpha value is -2.82. The standard InChI is InChI=1S/C23H26N2O3/c1-28-21-10-8-20(9-11-21)25-23(27)16-4-6-19(7-5-16)24-22(26)14-18-13-15-2-3-17(18)12-15/h4-11,15,17-18H,2-3,12-14H2,1H3,(H,24,26)(H,25,27)/t15-,17-,18+/m0/s1. The van der Waals surface area contributed by atoms with Gasteiger partial charge >= 0.3 is 0 Å². The summed E-state index contributed by atoms with van der Waals surface area (Å²) in [5.41, 5.74) is 1.98. The third-order valence-electron chi connectivity index (χ3n) is 6.11. The zero-order valence-electron chi connectivity index (χ0n) is 16.1. The van der Waals surface area contributed by atoms with Crippen molar-refractivity contribution in [3.63, 3.8) is 0 Å². The number of nitrogens with one attached hydrogen (secondary N) is 2. The van der Waals surface area contributed by atoms with E-state index in [1.54, 1.807) is 55.6 Å². The molecule has 0 aliphatic heterocycles. The second kappa shape index (κ2) is 8.05. The number of hydrogen-bond acceptors (Lipinski definition) is 3. The van der Waals surface area contributed by atoms with Gasteiger partial charge in [0.05, 0.1) is 7.11 Å². The third kappa shape index (κ3) is 4.19. The minimum absolute atomic E-state index is 0.0768. The Balaban J connectivity index is 1.30. The van der Waals surface area contributed by atoms with Gasteiger partial charge < -0.3 is 15.4 Å². The molecule has 0 saturated heterocycles. The number of ether oxygens (including phenoxy) is 1. The molecule has 2 amide bonds. The summed E-state index contributed by atoms with van der Waals surface area (Å²) in [6, 6.07) is 14.2. The number of amides is 2. The first-order valence-electron chi connectivity index (χ1n) is 9.96. The highest BCUT2D eigenvalue weighted by Crippen LogP contribution is 2.49. The lowest BCUT2D eigenvalue weighted by molar-refractivity contribution is -0.117. The van der Waals surface area contributed by atoms with E-state index in [1.165, 1.54) is 25.7 Å². The molecule has 2 aliphatic carbocycles. The quantitative estimate of drug-likeness (QED) is 0.765. The van der Waals surface area contributed by atoms with Crippen LogP contribution in [-0.2, 0) is 4.79 Å². The molecule has 2 N–H and O–H groups in total. The van der Waals surface area contributed by atoms with Crippen LogP contribution >= 0.6 is 0 Å². The summed E-state index contributed by atoms with van der Waals surface area (Å²) in [6.07, 6.45) is 5.78. The van der Waals surface area contributed by atoms with Crippen molar-refractivity contribution in [3.8, 4) is 5.75 Å². The fourth-order valence-electron chi connectivity index (χ4n) is 4.66. The topological polar surface area (TPSA) is 67.4 Å². The number of fused-ring (bicyclic) bond motifs is 2. The highest BCUT2D eigenvalue weighted by atomic mass is 16.5. The first kappa shape index (κ1) is 18.5. The highest BCUT2D eigenvalue weighted by molar-refractivity contribution is 6.04. The van der Waals surface area contributed by atoms with Crippen molar-refractivity contribution in [1.29, 1.82) is 0 Å². The Morgan fingerprint density at radius 2 is 1.61 bits per heavy atom. The third-order valence-corrected chi connectivity index (χ3v) is 6.11. The zero-order chi connectivity index (χ0) is 19.5. The lowest BCUT2D eigenvalue weighted by Crippen LogP contribution is -2.20. The van der Waals surface area contributed by atoms with Crippen LogP contribution in [0.25, 0.3) is 0 Å². The maximum atomic E-state index is 12.4. The average Bonchev–Trinajstić information content (AvgIpc) is 3.32. The van der Waals surface area contributed by atoms with Gasteiger partial charge in [0.25, 0.3) is 5.91 Å². The normalized spacial score (nSPS) is 22.7. The van der Waals surface area contributed by atoms with E-state index in [0.717, 1.165) is 23.3 Å². The van der Waals surface area contributed by atoms with E-state index >= 15 is 0 Å². The maximum Gasteiger partial charge on any atom is 0.255 e. The first-order chi connectivity index (χ1) is 13.6. The lowest BCUT2D eigenvalue weighted by Gasteiger charge is -2.20. The molecule has 2 fully saturated rings.